The second-order valence-electron chi connectivity index (χ2n) is 6.32. The SMILES string of the molecule is C=C1CN(C)CCN1C(=O)c1nsc2cc(C3CC3)ccc12. The van der Waals surface area contributed by atoms with Crippen molar-refractivity contribution in [1.29, 1.82) is 0 Å². The van der Waals surface area contributed by atoms with Crippen LogP contribution in [-0.4, -0.2) is 46.8 Å². The van der Waals surface area contributed by atoms with Gasteiger partial charge in [0.05, 0.1) is 4.70 Å². The molecule has 114 valence electrons. The van der Waals surface area contributed by atoms with Gasteiger partial charge in [-0.3, -0.25) is 9.69 Å². The van der Waals surface area contributed by atoms with Crippen LogP contribution >= 0.6 is 11.5 Å². The Hall–Kier alpha value is -1.72. The van der Waals surface area contributed by atoms with Crippen molar-refractivity contribution in [3.05, 3.63) is 41.7 Å². The van der Waals surface area contributed by atoms with Gasteiger partial charge >= 0.3 is 0 Å². The number of hydrogen-bond acceptors (Lipinski definition) is 4. The standard InChI is InChI=1S/C17H19N3OS/c1-11-10-19(2)7-8-20(11)17(21)16-14-6-5-13(12-3-4-12)9-15(14)22-18-16/h5-6,9,12H,1,3-4,7-8,10H2,2H3. The van der Waals surface area contributed by atoms with E-state index in [0.717, 1.165) is 34.8 Å². The van der Waals surface area contributed by atoms with E-state index in [-0.39, 0.29) is 5.91 Å². The van der Waals surface area contributed by atoms with Crippen molar-refractivity contribution in [2.75, 3.05) is 26.7 Å². The molecule has 22 heavy (non-hydrogen) atoms. The Balaban J connectivity index is 1.65. The van der Waals surface area contributed by atoms with Gasteiger partial charge in [0.25, 0.3) is 5.91 Å². The maximum absolute atomic E-state index is 12.8. The molecule has 1 aliphatic carbocycles. The van der Waals surface area contributed by atoms with Crippen molar-refractivity contribution in [3.8, 4) is 0 Å². The first kappa shape index (κ1) is 13.9. The van der Waals surface area contributed by atoms with Gasteiger partial charge in [-0.1, -0.05) is 18.7 Å². The number of aromatic nitrogens is 1. The van der Waals surface area contributed by atoms with Gasteiger partial charge in [-0.15, -0.1) is 0 Å². The van der Waals surface area contributed by atoms with Gasteiger partial charge in [-0.05, 0) is 49.0 Å². The molecule has 1 saturated heterocycles. The summed E-state index contributed by atoms with van der Waals surface area (Å²) in [5.74, 6) is 0.714. The summed E-state index contributed by atoms with van der Waals surface area (Å²) < 4.78 is 5.56. The molecule has 2 fully saturated rings. The molecule has 0 radical (unpaired) electrons. The molecule has 4 nitrogen and oxygen atoms in total. The molecule has 0 N–H and O–H groups in total. The summed E-state index contributed by atoms with van der Waals surface area (Å²) in [5.41, 5.74) is 2.82. The summed E-state index contributed by atoms with van der Waals surface area (Å²) >= 11 is 1.43. The molecule has 0 spiro atoms. The van der Waals surface area contributed by atoms with Crippen molar-refractivity contribution in [3.63, 3.8) is 0 Å². The van der Waals surface area contributed by atoms with Gasteiger partial charge in [-0.2, -0.15) is 4.37 Å². The highest BCUT2D eigenvalue weighted by Crippen LogP contribution is 2.41. The number of carbonyl (C=O) groups excluding carboxylic acids is 1. The van der Waals surface area contributed by atoms with Crippen LogP contribution in [0.1, 0.15) is 34.8 Å². The minimum atomic E-state index is -0.0106. The van der Waals surface area contributed by atoms with Crippen molar-refractivity contribution in [1.82, 2.24) is 14.2 Å². The van der Waals surface area contributed by atoms with Crippen LogP contribution in [0.15, 0.2) is 30.5 Å². The highest BCUT2D eigenvalue weighted by molar-refractivity contribution is 7.13. The molecule has 2 aliphatic rings. The van der Waals surface area contributed by atoms with E-state index in [1.54, 1.807) is 4.90 Å². The molecule has 0 bridgehead atoms. The maximum Gasteiger partial charge on any atom is 0.278 e. The summed E-state index contributed by atoms with van der Waals surface area (Å²) in [6, 6.07) is 6.43. The zero-order valence-corrected chi connectivity index (χ0v) is 13.5. The fourth-order valence-electron chi connectivity index (χ4n) is 3.06. The molecule has 0 atom stereocenters. The van der Waals surface area contributed by atoms with E-state index in [1.807, 2.05) is 7.05 Å². The molecule has 4 rings (SSSR count). The van der Waals surface area contributed by atoms with Crippen molar-refractivity contribution in [2.45, 2.75) is 18.8 Å². The highest BCUT2D eigenvalue weighted by atomic mass is 32.1. The minimum Gasteiger partial charge on any atom is -0.309 e. The Bertz CT molecular complexity index is 762. The fourth-order valence-corrected chi connectivity index (χ4v) is 3.87. The normalized spacial score (nSPS) is 19.9. The van der Waals surface area contributed by atoms with Crippen LogP contribution in [0.4, 0.5) is 0 Å². The summed E-state index contributed by atoms with van der Waals surface area (Å²) in [5, 5.41) is 0.978. The zero-order valence-electron chi connectivity index (χ0n) is 12.7. The molecule has 1 aliphatic heterocycles. The van der Waals surface area contributed by atoms with Gasteiger partial charge in [0, 0.05) is 30.7 Å². The van der Waals surface area contributed by atoms with Crippen molar-refractivity contribution in [2.24, 2.45) is 0 Å². The lowest BCUT2D eigenvalue weighted by Crippen LogP contribution is -2.45. The number of fused-ring (bicyclic) bond motifs is 1. The highest BCUT2D eigenvalue weighted by Gasteiger charge is 2.28. The molecule has 1 aromatic heterocycles. The number of nitrogens with zero attached hydrogens (tertiary/aromatic N) is 3. The third kappa shape index (κ3) is 2.34. The largest absolute Gasteiger partial charge is 0.309 e. The van der Waals surface area contributed by atoms with E-state index in [4.69, 9.17) is 0 Å². The Labute approximate surface area is 134 Å². The number of hydrogen-bond donors (Lipinski definition) is 0. The van der Waals surface area contributed by atoms with Crippen LogP contribution in [0, 0.1) is 0 Å². The number of rotatable bonds is 2. The molecule has 0 unspecified atom stereocenters. The van der Waals surface area contributed by atoms with Gasteiger partial charge in [0.1, 0.15) is 5.69 Å². The summed E-state index contributed by atoms with van der Waals surface area (Å²) in [6.45, 7) is 6.34. The monoisotopic (exact) mass is 313 g/mol. The second kappa shape index (κ2) is 5.18. The second-order valence-corrected chi connectivity index (χ2v) is 7.13. The van der Waals surface area contributed by atoms with Gasteiger partial charge in [0.2, 0.25) is 0 Å². The van der Waals surface area contributed by atoms with E-state index >= 15 is 0 Å². The Morgan fingerprint density at radius 1 is 1.36 bits per heavy atom. The summed E-state index contributed by atoms with van der Waals surface area (Å²) in [4.78, 5) is 16.8. The molecular weight excluding hydrogens is 294 g/mol. The predicted molar refractivity (Wildman–Crippen MR) is 89.3 cm³/mol. The number of amides is 1. The Morgan fingerprint density at radius 3 is 2.91 bits per heavy atom. The number of piperazine rings is 1. The lowest BCUT2D eigenvalue weighted by molar-refractivity contribution is 0.0745. The first-order valence-corrected chi connectivity index (χ1v) is 8.48. The fraction of sp³-hybridized carbons (Fsp3) is 0.412. The van der Waals surface area contributed by atoms with Crippen LogP contribution in [-0.2, 0) is 0 Å². The van der Waals surface area contributed by atoms with E-state index in [1.165, 1.54) is 29.9 Å². The van der Waals surface area contributed by atoms with Crippen molar-refractivity contribution < 1.29 is 4.79 Å². The van der Waals surface area contributed by atoms with Crippen molar-refractivity contribution >= 4 is 27.5 Å². The third-order valence-corrected chi connectivity index (χ3v) is 5.34. The minimum absolute atomic E-state index is 0.0106. The smallest absolute Gasteiger partial charge is 0.278 e. The van der Waals surface area contributed by atoms with Crippen LogP contribution in [0.25, 0.3) is 10.1 Å². The molecule has 1 amide bonds. The molecule has 2 aromatic rings. The van der Waals surface area contributed by atoms with Crippen LogP contribution in [0.2, 0.25) is 0 Å². The maximum atomic E-state index is 12.8. The van der Waals surface area contributed by atoms with E-state index < -0.39 is 0 Å². The Morgan fingerprint density at radius 2 is 2.18 bits per heavy atom. The third-order valence-electron chi connectivity index (χ3n) is 4.53. The molecule has 2 heterocycles. The van der Waals surface area contributed by atoms with Crippen LogP contribution in [0.5, 0.6) is 0 Å². The van der Waals surface area contributed by atoms with E-state index in [2.05, 4.69) is 34.1 Å². The first-order valence-electron chi connectivity index (χ1n) is 7.71. The van der Waals surface area contributed by atoms with Gasteiger partial charge in [0.15, 0.2) is 0 Å². The zero-order chi connectivity index (χ0) is 15.3. The topological polar surface area (TPSA) is 36.4 Å². The van der Waals surface area contributed by atoms with Gasteiger partial charge in [-0.25, -0.2) is 0 Å². The van der Waals surface area contributed by atoms with E-state index in [0.29, 0.717) is 12.2 Å². The number of likely N-dealkylation sites (N-methyl/N-ethyl adjacent to an activating group) is 1. The average molecular weight is 313 g/mol. The van der Waals surface area contributed by atoms with E-state index in [9.17, 15) is 4.79 Å². The average Bonchev–Trinajstić information content (AvgIpc) is 3.26. The van der Waals surface area contributed by atoms with Crippen LogP contribution < -0.4 is 0 Å². The van der Waals surface area contributed by atoms with Crippen LogP contribution in [0.3, 0.4) is 0 Å². The predicted octanol–water partition coefficient (Wildman–Crippen LogP) is 3.08. The number of benzene rings is 1. The first-order chi connectivity index (χ1) is 10.6. The lowest BCUT2D eigenvalue weighted by atomic mass is 10.1. The summed E-state index contributed by atoms with van der Waals surface area (Å²) in [6.07, 6.45) is 2.58. The molecule has 1 aromatic carbocycles. The molecule has 1 saturated carbocycles. The lowest BCUT2D eigenvalue weighted by Gasteiger charge is -2.33. The Kier molecular flexibility index (Phi) is 3.27. The van der Waals surface area contributed by atoms with Gasteiger partial charge < -0.3 is 4.90 Å². The summed E-state index contributed by atoms with van der Waals surface area (Å²) in [7, 11) is 2.05. The number of carbonyl (C=O) groups is 1. The molecular formula is C17H19N3OS. The molecule has 5 heteroatoms. The quantitative estimate of drug-likeness (QED) is 0.855.